The summed E-state index contributed by atoms with van der Waals surface area (Å²) in [4.78, 5) is 29.4. The number of H-pyrrole nitrogens is 1. The molecule has 2 saturated heterocycles. The summed E-state index contributed by atoms with van der Waals surface area (Å²) in [5.74, 6) is -5.53. The molecule has 2 fully saturated rings. The Bertz CT molecular complexity index is 1920. The second kappa shape index (κ2) is 28.2. The first-order valence-corrected chi connectivity index (χ1v) is 23.8. The standard InChI is InChI=1S/C51H76N2O16/c1-30-18-15-13-11-9-7-5-6-8-10-12-14-16-19-37(68-50-49(64)45(52)47(62)33(4)67-50)27-42-44(48(63)38-20-17-23-53-38)41(59)29-51(65,69-42)28-36(56)25-40(58)39(57)22-21-34(54)24-35(55)26-43(60)66-32(3)31(2)46(30)61/h5-20,23,30-37,39-42,44-47,49-50,53-59,61-62,64-65H,21-22,24-29,52H2,1-4H3/b6-5+,9-7+,10-8+,13-11+,14-12+,18-15+,19-16+/t30-,31-,32-,33+,34+,35+,36-,37-,39+,40+,41-,42-,44+,45-,46+,47+,49-,50-,51+/m0/s1. The smallest absolute Gasteiger partial charge is 0.308 e. The van der Waals surface area contributed by atoms with Crippen LogP contribution in [0.5, 0.6) is 0 Å². The predicted octanol–water partition coefficient (Wildman–Crippen LogP) is 1.84. The van der Waals surface area contributed by atoms with Crippen molar-refractivity contribution in [2.24, 2.45) is 23.5 Å². The number of hydrogen-bond donors (Lipinski definition) is 12. The Kier molecular flexibility index (Phi) is 23.5. The van der Waals surface area contributed by atoms with Crippen LogP contribution in [0.2, 0.25) is 0 Å². The van der Waals surface area contributed by atoms with Gasteiger partial charge in [0.15, 0.2) is 17.9 Å². The maximum absolute atomic E-state index is 13.9. The number of aliphatic hydroxyl groups is 10. The highest BCUT2D eigenvalue weighted by Gasteiger charge is 2.51. The van der Waals surface area contributed by atoms with Gasteiger partial charge >= 0.3 is 5.97 Å². The van der Waals surface area contributed by atoms with Crippen LogP contribution < -0.4 is 5.73 Å². The van der Waals surface area contributed by atoms with Crippen LogP contribution in [0.15, 0.2) is 103 Å². The number of carbonyl (C=O) groups excluding carboxylic acids is 2. The molecule has 18 nitrogen and oxygen atoms in total. The van der Waals surface area contributed by atoms with E-state index < -0.39 is 147 Å². The van der Waals surface area contributed by atoms with Crippen LogP contribution in [-0.2, 0) is 23.7 Å². The van der Waals surface area contributed by atoms with Crippen LogP contribution in [0, 0.1) is 17.8 Å². The van der Waals surface area contributed by atoms with E-state index in [9.17, 15) is 60.7 Å². The zero-order valence-electron chi connectivity index (χ0n) is 39.9. The van der Waals surface area contributed by atoms with E-state index in [1.165, 1.54) is 12.3 Å². The Morgan fingerprint density at radius 1 is 0.696 bits per heavy atom. The zero-order valence-corrected chi connectivity index (χ0v) is 39.9. The number of cyclic esters (lactones) is 1. The molecule has 0 radical (unpaired) electrons. The lowest BCUT2D eigenvalue weighted by Gasteiger charge is -2.46. The van der Waals surface area contributed by atoms with E-state index in [1.54, 1.807) is 69.4 Å². The first-order valence-electron chi connectivity index (χ1n) is 23.8. The summed E-state index contributed by atoms with van der Waals surface area (Å²) in [7, 11) is 0. The van der Waals surface area contributed by atoms with Crippen LogP contribution >= 0.6 is 0 Å². The maximum Gasteiger partial charge on any atom is 0.308 e. The summed E-state index contributed by atoms with van der Waals surface area (Å²) in [6, 6.07) is 1.99. The maximum atomic E-state index is 13.9. The number of nitrogens with two attached hydrogens (primary N) is 1. The molecule has 3 aliphatic heterocycles. The van der Waals surface area contributed by atoms with Crippen molar-refractivity contribution in [3.63, 3.8) is 0 Å². The van der Waals surface area contributed by atoms with Crippen LogP contribution in [0.1, 0.15) is 89.5 Å². The van der Waals surface area contributed by atoms with E-state index in [2.05, 4.69) is 4.98 Å². The summed E-state index contributed by atoms with van der Waals surface area (Å²) in [5.41, 5.74) is 6.26. The highest BCUT2D eigenvalue weighted by molar-refractivity contribution is 5.97. The molecule has 1 aromatic heterocycles. The second-order valence-electron chi connectivity index (χ2n) is 18.7. The van der Waals surface area contributed by atoms with Gasteiger partial charge in [0.05, 0.1) is 91.2 Å². The van der Waals surface area contributed by atoms with Gasteiger partial charge in [0.2, 0.25) is 0 Å². The Hall–Kier alpha value is -3.96. The van der Waals surface area contributed by atoms with Gasteiger partial charge in [0.1, 0.15) is 12.2 Å². The molecule has 18 heteroatoms. The van der Waals surface area contributed by atoms with Gasteiger partial charge in [-0.3, -0.25) is 9.59 Å². The van der Waals surface area contributed by atoms with E-state index in [-0.39, 0.29) is 37.3 Å². The molecule has 4 rings (SSSR count). The molecular weight excluding hydrogens is 897 g/mol. The number of hydrogen-bond acceptors (Lipinski definition) is 17. The molecule has 19 atom stereocenters. The molecule has 4 heterocycles. The van der Waals surface area contributed by atoms with Crippen molar-refractivity contribution in [3.05, 3.63) is 109 Å². The number of aromatic amines is 1. The lowest BCUT2D eigenvalue weighted by atomic mass is 9.79. The van der Waals surface area contributed by atoms with Gasteiger partial charge in [-0.15, -0.1) is 0 Å². The van der Waals surface area contributed by atoms with Gasteiger partial charge in [-0.05, 0) is 45.2 Å². The van der Waals surface area contributed by atoms with E-state index in [1.807, 2.05) is 49.5 Å². The molecule has 13 N–H and O–H groups in total. The number of aromatic nitrogens is 1. The van der Waals surface area contributed by atoms with Gasteiger partial charge in [-0.1, -0.05) is 98.9 Å². The van der Waals surface area contributed by atoms with Crippen LogP contribution in [0.3, 0.4) is 0 Å². The average molecular weight is 973 g/mol. The van der Waals surface area contributed by atoms with Crippen molar-refractivity contribution in [3.8, 4) is 0 Å². The van der Waals surface area contributed by atoms with Crippen LogP contribution in [-0.4, -0.2) is 165 Å². The Balaban J connectivity index is 1.60. The lowest BCUT2D eigenvalue weighted by molar-refractivity contribution is -0.305. The van der Waals surface area contributed by atoms with Crippen molar-refractivity contribution in [1.29, 1.82) is 0 Å². The molecule has 0 spiro atoms. The molecule has 3 aliphatic rings. The molecule has 386 valence electrons. The molecule has 69 heavy (non-hydrogen) atoms. The Labute approximate surface area is 404 Å². The minimum Gasteiger partial charge on any atom is -0.462 e. The van der Waals surface area contributed by atoms with Gasteiger partial charge in [-0.25, -0.2) is 0 Å². The normalized spacial score (nSPS) is 43.6. The fraction of sp³-hybridized carbons (Fsp3) is 0.608. The summed E-state index contributed by atoms with van der Waals surface area (Å²) in [5, 5.41) is 110. The fourth-order valence-electron chi connectivity index (χ4n) is 8.65. The number of ketones is 1. The number of rotatable bonds is 4. The number of ether oxygens (including phenoxy) is 4. The molecular formula is C51H76N2O16. The number of allylic oxidation sites excluding steroid dienone is 12. The van der Waals surface area contributed by atoms with Crippen molar-refractivity contribution >= 4 is 11.8 Å². The molecule has 0 saturated carbocycles. The van der Waals surface area contributed by atoms with E-state index >= 15 is 0 Å². The summed E-state index contributed by atoms with van der Waals surface area (Å²) >= 11 is 0. The SMILES string of the molecule is C[C@@H]1[C@H](O)[C@@H](C)/C=C/C=C/C=C/C=C/C=C/C=C/C=C/[C@H](O[C@@H]2O[C@H](C)[C@@H](O)[C@H](N)[C@@H]2O)C[C@@H]2O[C@](O)(C[C@@H](O)C[C@@H](O)[C@H](O)CC[C@@H](O)C[C@@H](O)CC(=O)O[C@H]1C)C[C@H](O)[C@H]2C(=O)c1ccc[nH]1. The third kappa shape index (κ3) is 18.3. The summed E-state index contributed by atoms with van der Waals surface area (Å²) in [6.07, 6.45) is 6.32. The third-order valence-electron chi connectivity index (χ3n) is 12.9. The monoisotopic (exact) mass is 973 g/mol. The quantitative estimate of drug-likeness (QED) is 0.151. The Morgan fingerprint density at radius 2 is 1.30 bits per heavy atom. The highest BCUT2D eigenvalue weighted by Crippen LogP contribution is 2.39. The van der Waals surface area contributed by atoms with Crippen molar-refractivity contribution in [1.82, 2.24) is 4.98 Å². The molecule has 0 unspecified atom stereocenters. The fourth-order valence-corrected chi connectivity index (χ4v) is 8.65. The molecule has 1 aromatic rings. The van der Waals surface area contributed by atoms with Gasteiger partial charge in [-0.2, -0.15) is 0 Å². The minimum absolute atomic E-state index is 0.0936. The largest absolute Gasteiger partial charge is 0.462 e. The number of esters is 1. The first-order chi connectivity index (χ1) is 32.7. The molecule has 0 amide bonds. The van der Waals surface area contributed by atoms with Crippen LogP contribution in [0.4, 0.5) is 0 Å². The number of carbonyl (C=O) groups is 2. The van der Waals surface area contributed by atoms with E-state index in [4.69, 9.17) is 24.7 Å². The van der Waals surface area contributed by atoms with Crippen molar-refractivity contribution < 1.29 is 79.6 Å². The number of fused-ring (bicyclic) bond motifs is 2. The van der Waals surface area contributed by atoms with Gasteiger partial charge in [0, 0.05) is 43.7 Å². The van der Waals surface area contributed by atoms with Crippen molar-refractivity contribution in [2.45, 2.75) is 177 Å². The van der Waals surface area contributed by atoms with Gasteiger partial charge < -0.3 is 80.7 Å². The van der Waals surface area contributed by atoms with Gasteiger partial charge in [0.25, 0.3) is 0 Å². The third-order valence-corrected chi connectivity index (χ3v) is 12.9. The summed E-state index contributed by atoms with van der Waals surface area (Å²) in [6.45, 7) is 6.80. The number of nitrogens with one attached hydrogen (secondary N) is 1. The van der Waals surface area contributed by atoms with Crippen molar-refractivity contribution in [2.75, 3.05) is 0 Å². The highest BCUT2D eigenvalue weighted by atomic mass is 16.7. The molecule has 0 aliphatic carbocycles. The predicted molar refractivity (Wildman–Crippen MR) is 254 cm³/mol. The first kappa shape index (κ1) is 57.6. The van der Waals surface area contributed by atoms with Crippen LogP contribution in [0.25, 0.3) is 0 Å². The molecule has 2 bridgehead atoms. The minimum atomic E-state index is -2.27. The average Bonchev–Trinajstić information content (AvgIpc) is 3.83. The number of Topliss-reactive ketones (excluding diaryl/α,β-unsaturated/α-hetero) is 1. The van der Waals surface area contributed by atoms with E-state index in [0.717, 1.165) is 0 Å². The molecule has 0 aromatic carbocycles. The Morgan fingerprint density at radius 3 is 1.91 bits per heavy atom. The zero-order chi connectivity index (χ0) is 50.8. The second-order valence-corrected chi connectivity index (χ2v) is 18.7. The number of aliphatic hydroxyl groups excluding tert-OH is 9. The lowest BCUT2D eigenvalue weighted by Crippen LogP contribution is -2.61. The van der Waals surface area contributed by atoms with E-state index in [0.29, 0.717) is 0 Å². The summed E-state index contributed by atoms with van der Waals surface area (Å²) < 4.78 is 23.7. The topological polar surface area (TPSA) is 315 Å².